The SMILES string of the molecule is CC(C)(N)C(NC(=O)c1ccc2cc(C#C[C@H]3C[C@@H]3CO)ccc2c1)C(=O)NO. The summed E-state index contributed by atoms with van der Waals surface area (Å²) in [6, 6.07) is 9.83. The molecule has 0 aromatic heterocycles. The van der Waals surface area contributed by atoms with Gasteiger partial charge in [-0.25, -0.2) is 5.48 Å². The monoisotopic (exact) mass is 395 g/mol. The van der Waals surface area contributed by atoms with Gasteiger partial charge in [0, 0.05) is 29.2 Å². The highest BCUT2D eigenvalue weighted by molar-refractivity contribution is 6.01. The zero-order valence-corrected chi connectivity index (χ0v) is 16.4. The van der Waals surface area contributed by atoms with Crippen molar-refractivity contribution in [2.45, 2.75) is 31.8 Å². The Labute approximate surface area is 169 Å². The fourth-order valence-corrected chi connectivity index (χ4v) is 3.14. The number of aliphatic hydroxyl groups excluding tert-OH is 1. The third-order valence-corrected chi connectivity index (χ3v) is 5.05. The summed E-state index contributed by atoms with van der Waals surface area (Å²) in [6.07, 6.45) is 0.949. The Balaban J connectivity index is 1.77. The normalized spacial score (nSPS) is 19.1. The lowest BCUT2D eigenvalue weighted by Crippen LogP contribution is -2.61. The van der Waals surface area contributed by atoms with Crippen molar-refractivity contribution in [3.05, 3.63) is 47.5 Å². The van der Waals surface area contributed by atoms with Crippen LogP contribution in [-0.2, 0) is 4.79 Å². The summed E-state index contributed by atoms with van der Waals surface area (Å²) in [7, 11) is 0. The first-order valence-corrected chi connectivity index (χ1v) is 9.43. The Morgan fingerprint density at radius 3 is 2.55 bits per heavy atom. The lowest BCUT2D eigenvalue weighted by molar-refractivity contribution is -0.132. The zero-order valence-electron chi connectivity index (χ0n) is 16.4. The van der Waals surface area contributed by atoms with E-state index in [9.17, 15) is 9.59 Å². The maximum absolute atomic E-state index is 12.6. The molecule has 1 aliphatic rings. The molecule has 3 atom stereocenters. The molecule has 2 aromatic carbocycles. The number of rotatable bonds is 5. The molecule has 7 nitrogen and oxygen atoms in total. The van der Waals surface area contributed by atoms with Crippen LogP contribution in [0.25, 0.3) is 10.8 Å². The van der Waals surface area contributed by atoms with Gasteiger partial charge in [-0.05, 0) is 61.2 Å². The molecular formula is C22H25N3O4. The van der Waals surface area contributed by atoms with Gasteiger partial charge >= 0.3 is 0 Å². The number of nitrogens with two attached hydrogens (primary N) is 1. The second-order valence-corrected chi connectivity index (χ2v) is 8.03. The number of hydroxylamine groups is 1. The predicted molar refractivity (Wildman–Crippen MR) is 109 cm³/mol. The third-order valence-electron chi connectivity index (χ3n) is 5.05. The number of hydrogen-bond donors (Lipinski definition) is 5. The van der Waals surface area contributed by atoms with Crippen molar-refractivity contribution in [2.75, 3.05) is 6.61 Å². The molecule has 0 spiro atoms. The molecule has 0 radical (unpaired) electrons. The third kappa shape index (κ3) is 4.93. The van der Waals surface area contributed by atoms with E-state index in [-0.39, 0.29) is 12.5 Å². The number of fused-ring (bicyclic) bond motifs is 1. The molecule has 0 heterocycles. The largest absolute Gasteiger partial charge is 0.396 e. The van der Waals surface area contributed by atoms with Gasteiger partial charge in [-0.3, -0.25) is 14.8 Å². The van der Waals surface area contributed by atoms with Gasteiger partial charge in [0.25, 0.3) is 11.8 Å². The number of carbonyl (C=O) groups is 2. The van der Waals surface area contributed by atoms with E-state index < -0.39 is 23.4 Å². The van der Waals surface area contributed by atoms with Crippen molar-refractivity contribution in [3.8, 4) is 11.8 Å². The number of nitrogens with one attached hydrogen (secondary N) is 2. The maximum atomic E-state index is 12.6. The molecule has 2 aromatic rings. The lowest BCUT2D eigenvalue weighted by atomic mass is 9.94. The molecule has 0 saturated heterocycles. The van der Waals surface area contributed by atoms with Crippen molar-refractivity contribution in [2.24, 2.45) is 17.6 Å². The van der Waals surface area contributed by atoms with Crippen LogP contribution < -0.4 is 16.5 Å². The predicted octanol–water partition coefficient (Wildman–Crippen LogP) is 1.16. The van der Waals surface area contributed by atoms with Crippen molar-refractivity contribution in [1.82, 2.24) is 10.8 Å². The molecule has 152 valence electrons. The summed E-state index contributed by atoms with van der Waals surface area (Å²) >= 11 is 0. The Bertz CT molecular complexity index is 1000. The van der Waals surface area contributed by atoms with Crippen LogP contribution in [0.3, 0.4) is 0 Å². The van der Waals surface area contributed by atoms with Gasteiger partial charge in [0.2, 0.25) is 0 Å². The Kier molecular flexibility index (Phi) is 5.89. The molecular weight excluding hydrogens is 370 g/mol. The van der Waals surface area contributed by atoms with Crippen LogP contribution in [0, 0.1) is 23.7 Å². The molecule has 1 saturated carbocycles. The number of carbonyl (C=O) groups excluding carboxylic acids is 2. The van der Waals surface area contributed by atoms with Gasteiger partial charge in [-0.15, -0.1) is 0 Å². The minimum absolute atomic E-state index is 0.185. The first kappa shape index (κ1) is 20.8. The van der Waals surface area contributed by atoms with E-state index in [1.807, 2.05) is 24.3 Å². The van der Waals surface area contributed by atoms with Crippen LogP contribution in [-0.4, -0.2) is 40.3 Å². The summed E-state index contributed by atoms with van der Waals surface area (Å²) in [5, 5.41) is 22.4. The summed E-state index contributed by atoms with van der Waals surface area (Å²) in [4.78, 5) is 24.5. The molecule has 2 amide bonds. The fourth-order valence-electron chi connectivity index (χ4n) is 3.14. The number of benzene rings is 2. The van der Waals surface area contributed by atoms with Crippen LogP contribution >= 0.6 is 0 Å². The first-order chi connectivity index (χ1) is 13.7. The van der Waals surface area contributed by atoms with Crippen molar-refractivity contribution in [1.29, 1.82) is 0 Å². The van der Waals surface area contributed by atoms with E-state index >= 15 is 0 Å². The minimum atomic E-state index is -1.10. The van der Waals surface area contributed by atoms with Crippen molar-refractivity contribution >= 4 is 22.6 Å². The van der Waals surface area contributed by atoms with Crippen LogP contribution in [0.5, 0.6) is 0 Å². The zero-order chi connectivity index (χ0) is 21.2. The average Bonchev–Trinajstić information content (AvgIpc) is 3.47. The average molecular weight is 395 g/mol. The lowest BCUT2D eigenvalue weighted by Gasteiger charge is -2.29. The maximum Gasteiger partial charge on any atom is 0.267 e. The molecule has 29 heavy (non-hydrogen) atoms. The first-order valence-electron chi connectivity index (χ1n) is 9.43. The van der Waals surface area contributed by atoms with Gasteiger partial charge < -0.3 is 16.2 Å². The summed E-state index contributed by atoms with van der Waals surface area (Å²) in [6.45, 7) is 3.35. The topological polar surface area (TPSA) is 125 Å². The second-order valence-electron chi connectivity index (χ2n) is 8.03. The second kappa shape index (κ2) is 8.21. The van der Waals surface area contributed by atoms with Gasteiger partial charge in [-0.2, -0.15) is 0 Å². The van der Waals surface area contributed by atoms with Gasteiger partial charge in [-0.1, -0.05) is 24.0 Å². The van der Waals surface area contributed by atoms with Crippen LogP contribution in [0.4, 0.5) is 0 Å². The number of aliphatic hydroxyl groups is 1. The van der Waals surface area contributed by atoms with Crippen LogP contribution in [0.2, 0.25) is 0 Å². The molecule has 6 N–H and O–H groups in total. The van der Waals surface area contributed by atoms with E-state index in [0.717, 1.165) is 22.8 Å². The highest BCUT2D eigenvalue weighted by Crippen LogP contribution is 2.37. The van der Waals surface area contributed by atoms with Crippen molar-refractivity contribution < 1.29 is 19.9 Å². The van der Waals surface area contributed by atoms with Crippen molar-refractivity contribution in [3.63, 3.8) is 0 Å². The van der Waals surface area contributed by atoms with Gasteiger partial charge in [0.15, 0.2) is 0 Å². The quantitative estimate of drug-likeness (QED) is 0.295. The Morgan fingerprint density at radius 1 is 1.24 bits per heavy atom. The summed E-state index contributed by atoms with van der Waals surface area (Å²) in [5.74, 6) is 5.65. The van der Waals surface area contributed by atoms with Gasteiger partial charge in [0.05, 0.1) is 0 Å². The summed E-state index contributed by atoms with van der Waals surface area (Å²) < 4.78 is 0. The number of hydrogen-bond acceptors (Lipinski definition) is 5. The van der Waals surface area contributed by atoms with E-state index in [0.29, 0.717) is 11.5 Å². The highest BCUT2D eigenvalue weighted by atomic mass is 16.5. The smallest absolute Gasteiger partial charge is 0.267 e. The minimum Gasteiger partial charge on any atom is -0.396 e. The molecule has 7 heteroatoms. The van der Waals surface area contributed by atoms with Crippen LogP contribution in [0.15, 0.2) is 36.4 Å². The molecule has 3 rings (SSSR count). The summed E-state index contributed by atoms with van der Waals surface area (Å²) in [5.41, 5.74) is 7.67. The molecule has 0 bridgehead atoms. The molecule has 1 aliphatic carbocycles. The number of amides is 2. The van der Waals surface area contributed by atoms with E-state index in [4.69, 9.17) is 16.0 Å². The molecule has 1 unspecified atom stereocenters. The van der Waals surface area contributed by atoms with E-state index in [1.54, 1.807) is 26.0 Å². The Hall–Kier alpha value is -2.92. The molecule has 1 fully saturated rings. The fraction of sp³-hybridized carbons (Fsp3) is 0.364. The highest BCUT2D eigenvalue weighted by Gasteiger charge is 2.35. The van der Waals surface area contributed by atoms with E-state index in [1.165, 1.54) is 5.48 Å². The van der Waals surface area contributed by atoms with E-state index in [2.05, 4.69) is 17.2 Å². The van der Waals surface area contributed by atoms with Gasteiger partial charge in [0.1, 0.15) is 6.04 Å². The molecule has 0 aliphatic heterocycles. The van der Waals surface area contributed by atoms with Crippen LogP contribution in [0.1, 0.15) is 36.2 Å². The standard InChI is InChI=1S/C22H25N3O4/c1-22(2,23)19(21(28)25-29)24-20(27)17-8-7-14-9-13(3-5-15(14)10-17)4-6-16-11-18(16)12-26/h3,5,7-10,16,18-19,26,29H,11-12,23H2,1-2H3,(H,24,27)(H,25,28)/t16-,18+,19?/m0/s1. The Morgan fingerprint density at radius 2 is 1.93 bits per heavy atom.